The summed E-state index contributed by atoms with van der Waals surface area (Å²) in [4.78, 5) is 8.09. The van der Waals surface area contributed by atoms with Crippen LogP contribution in [0.3, 0.4) is 0 Å². The summed E-state index contributed by atoms with van der Waals surface area (Å²) in [5.41, 5.74) is 1.17. The summed E-state index contributed by atoms with van der Waals surface area (Å²) in [7, 11) is 2.19. The number of imidazole rings is 1. The van der Waals surface area contributed by atoms with Crippen molar-refractivity contribution in [3.63, 3.8) is 0 Å². The molecule has 1 fully saturated rings. The van der Waals surface area contributed by atoms with Gasteiger partial charge in [-0.1, -0.05) is 0 Å². The smallest absolute Gasteiger partial charge is 0.193 e. The zero-order chi connectivity index (χ0) is 11.0. The number of aromatic nitrogens is 2. The van der Waals surface area contributed by atoms with E-state index in [2.05, 4.69) is 44.4 Å². The number of hydrogen-bond acceptors (Lipinski definition) is 4. The van der Waals surface area contributed by atoms with Crippen molar-refractivity contribution in [2.75, 3.05) is 20.1 Å². The van der Waals surface area contributed by atoms with Crippen molar-refractivity contribution >= 4 is 16.3 Å². The van der Waals surface area contributed by atoms with E-state index in [1.54, 1.807) is 11.3 Å². The summed E-state index contributed by atoms with van der Waals surface area (Å²) in [5.74, 6) is 0. The molecule has 3 heterocycles. The molecule has 86 valence electrons. The fraction of sp³-hybridized carbons (Fsp3) is 0.545. The van der Waals surface area contributed by atoms with Crippen molar-refractivity contribution in [3.05, 3.63) is 23.5 Å². The third kappa shape index (κ3) is 1.86. The minimum Gasteiger partial charge on any atom is -0.315 e. The molecule has 0 saturated carbocycles. The Labute approximate surface area is 98.9 Å². The normalized spacial score (nSPS) is 21.2. The Balaban J connectivity index is 1.71. The van der Waals surface area contributed by atoms with Gasteiger partial charge in [-0.25, -0.2) is 4.98 Å². The standard InChI is InChI=1S/C11H16N4S/c1-14(10-2-3-12-6-10)7-9-8-15-4-5-16-11(15)13-9/h4-5,8,10,12H,2-3,6-7H2,1H3. The molecule has 1 N–H and O–H groups in total. The highest BCUT2D eigenvalue weighted by Gasteiger charge is 2.19. The summed E-state index contributed by atoms with van der Waals surface area (Å²) >= 11 is 1.69. The van der Waals surface area contributed by atoms with Gasteiger partial charge in [0, 0.05) is 36.9 Å². The molecule has 5 heteroatoms. The van der Waals surface area contributed by atoms with Gasteiger partial charge in [-0.15, -0.1) is 11.3 Å². The van der Waals surface area contributed by atoms with Crippen molar-refractivity contribution in [1.82, 2.24) is 19.6 Å². The lowest BCUT2D eigenvalue weighted by Gasteiger charge is -2.22. The molecule has 2 aromatic heterocycles. The van der Waals surface area contributed by atoms with E-state index < -0.39 is 0 Å². The second-order valence-electron chi connectivity index (χ2n) is 4.39. The molecule has 1 aliphatic rings. The van der Waals surface area contributed by atoms with Crippen LogP contribution in [-0.2, 0) is 6.54 Å². The number of fused-ring (bicyclic) bond motifs is 1. The summed E-state index contributed by atoms with van der Waals surface area (Å²) in [6, 6.07) is 0.666. The molecule has 1 atom stereocenters. The fourth-order valence-electron chi connectivity index (χ4n) is 2.25. The Bertz CT molecular complexity index is 440. The van der Waals surface area contributed by atoms with Crippen LogP contribution in [0.15, 0.2) is 17.8 Å². The first kappa shape index (κ1) is 10.3. The van der Waals surface area contributed by atoms with E-state index in [1.165, 1.54) is 12.1 Å². The van der Waals surface area contributed by atoms with Gasteiger partial charge in [0.25, 0.3) is 0 Å². The molecule has 0 radical (unpaired) electrons. The first-order chi connectivity index (χ1) is 7.83. The SMILES string of the molecule is CN(Cc1cn2ccsc2n1)C1CCNC1. The lowest BCUT2D eigenvalue weighted by Crippen LogP contribution is -2.32. The van der Waals surface area contributed by atoms with Gasteiger partial charge in [-0.05, 0) is 20.0 Å². The molecule has 2 aromatic rings. The molecule has 0 aliphatic carbocycles. The van der Waals surface area contributed by atoms with E-state index in [4.69, 9.17) is 0 Å². The molecule has 4 nitrogen and oxygen atoms in total. The number of thiazole rings is 1. The van der Waals surface area contributed by atoms with Crippen molar-refractivity contribution in [3.8, 4) is 0 Å². The molecular formula is C11H16N4S. The number of hydrogen-bond donors (Lipinski definition) is 1. The topological polar surface area (TPSA) is 32.6 Å². The predicted molar refractivity (Wildman–Crippen MR) is 65.8 cm³/mol. The fourth-order valence-corrected chi connectivity index (χ4v) is 2.97. The van der Waals surface area contributed by atoms with Gasteiger partial charge < -0.3 is 5.32 Å². The quantitative estimate of drug-likeness (QED) is 0.869. The van der Waals surface area contributed by atoms with E-state index in [0.717, 1.165) is 24.6 Å². The lowest BCUT2D eigenvalue weighted by atomic mass is 10.2. The third-order valence-electron chi connectivity index (χ3n) is 3.21. The van der Waals surface area contributed by atoms with Gasteiger partial charge >= 0.3 is 0 Å². The van der Waals surface area contributed by atoms with Gasteiger partial charge in [-0.3, -0.25) is 9.30 Å². The summed E-state index contributed by atoms with van der Waals surface area (Å²) in [6.45, 7) is 3.20. The molecule has 1 aliphatic heterocycles. The lowest BCUT2D eigenvalue weighted by molar-refractivity contribution is 0.246. The molecule has 3 rings (SSSR count). The Morgan fingerprint density at radius 1 is 1.69 bits per heavy atom. The second kappa shape index (κ2) is 4.16. The van der Waals surface area contributed by atoms with E-state index in [9.17, 15) is 0 Å². The van der Waals surface area contributed by atoms with Gasteiger partial charge in [0.2, 0.25) is 0 Å². The maximum Gasteiger partial charge on any atom is 0.193 e. The summed E-state index contributed by atoms with van der Waals surface area (Å²) < 4.78 is 2.10. The molecule has 0 amide bonds. The molecule has 1 unspecified atom stereocenters. The predicted octanol–water partition coefficient (Wildman–Crippen LogP) is 1.19. The molecule has 0 spiro atoms. The molecular weight excluding hydrogens is 220 g/mol. The van der Waals surface area contributed by atoms with Gasteiger partial charge in [0.05, 0.1) is 5.69 Å². The number of nitrogens with zero attached hydrogens (tertiary/aromatic N) is 3. The minimum absolute atomic E-state index is 0.666. The number of likely N-dealkylation sites (N-methyl/N-ethyl adjacent to an activating group) is 1. The van der Waals surface area contributed by atoms with Crippen molar-refractivity contribution < 1.29 is 0 Å². The van der Waals surface area contributed by atoms with Crippen molar-refractivity contribution in [2.24, 2.45) is 0 Å². The van der Waals surface area contributed by atoms with Crippen LogP contribution in [-0.4, -0.2) is 40.5 Å². The monoisotopic (exact) mass is 236 g/mol. The molecule has 16 heavy (non-hydrogen) atoms. The maximum absolute atomic E-state index is 4.60. The van der Waals surface area contributed by atoms with Crippen LogP contribution in [0.5, 0.6) is 0 Å². The number of rotatable bonds is 3. The average Bonchev–Trinajstić information content (AvgIpc) is 2.91. The summed E-state index contributed by atoms with van der Waals surface area (Å²) in [5, 5.41) is 5.46. The largest absolute Gasteiger partial charge is 0.315 e. The van der Waals surface area contributed by atoms with Crippen LogP contribution < -0.4 is 5.32 Å². The highest BCUT2D eigenvalue weighted by atomic mass is 32.1. The first-order valence-corrected chi connectivity index (χ1v) is 6.53. The molecule has 1 saturated heterocycles. The second-order valence-corrected chi connectivity index (χ2v) is 5.26. The van der Waals surface area contributed by atoms with Crippen molar-refractivity contribution in [2.45, 2.75) is 19.0 Å². The minimum atomic E-state index is 0.666. The highest BCUT2D eigenvalue weighted by Crippen LogP contribution is 2.14. The Morgan fingerprint density at radius 3 is 3.38 bits per heavy atom. The van der Waals surface area contributed by atoms with E-state index in [-0.39, 0.29) is 0 Å². The maximum atomic E-state index is 4.60. The summed E-state index contributed by atoms with van der Waals surface area (Å²) in [6.07, 6.45) is 5.44. The van der Waals surface area contributed by atoms with Gasteiger partial charge in [0.15, 0.2) is 4.96 Å². The van der Waals surface area contributed by atoms with Crippen molar-refractivity contribution in [1.29, 1.82) is 0 Å². The van der Waals surface area contributed by atoms with Gasteiger partial charge in [0.1, 0.15) is 0 Å². The zero-order valence-electron chi connectivity index (χ0n) is 9.39. The van der Waals surface area contributed by atoms with E-state index >= 15 is 0 Å². The number of nitrogens with one attached hydrogen (secondary N) is 1. The van der Waals surface area contributed by atoms with Crippen LogP contribution in [0.1, 0.15) is 12.1 Å². The van der Waals surface area contributed by atoms with Crippen LogP contribution in [0.2, 0.25) is 0 Å². The zero-order valence-corrected chi connectivity index (χ0v) is 10.2. The van der Waals surface area contributed by atoms with E-state index in [0.29, 0.717) is 6.04 Å². The Kier molecular flexibility index (Phi) is 2.67. The Morgan fingerprint density at radius 2 is 2.62 bits per heavy atom. The average molecular weight is 236 g/mol. The van der Waals surface area contributed by atoms with Crippen LogP contribution in [0.4, 0.5) is 0 Å². The van der Waals surface area contributed by atoms with Crippen LogP contribution in [0.25, 0.3) is 4.96 Å². The third-order valence-corrected chi connectivity index (χ3v) is 3.98. The molecule has 0 bridgehead atoms. The first-order valence-electron chi connectivity index (χ1n) is 5.65. The Hall–Kier alpha value is -0.910. The van der Waals surface area contributed by atoms with E-state index in [1.807, 2.05) is 0 Å². The van der Waals surface area contributed by atoms with Crippen LogP contribution >= 0.6 is 11.3 Å². The molecule has 0 aromatic carbocycles. The van der Waals surface area contributed by atoms with Gasteiger partial charge in [-0.2, -0.15) is 0 Å². The highest BCUT2D eigenvalue weighted by molar-refractivity contribution is 7.15. The van der Waals surface area contributed by atoms with Crippen LogP contribution in [0, 0.1) is 0 Å².